The summed E-state index contributed by atoms with van der Waals surface area (Å²) in [5, 5.41) is 0.732. The van der Waals surface area contributed by atoms with E-state index in [4.69, 9.17) is 10.5 Å². The zero-order chi connectivity index (χ0) is 14.6. The molecule has 0 aliphatic rings. The third-order valence-electron chi connectivity index (χ3n) is 2.47. The number of carbonyl (C=O) groups is 1. The summed E-state index contributed by atoms with van der Waals surface area (Å²) in [5.74, 6) is 0. The molecule has 0 bridgehead atoms. The third kappa shape index (κ3) is 4.42. The summed E-state index contributed by atoms with van der Waals surface area (Å²) in [7, 11) is 0. The zero-order valence-corrected chi connectivity index (χ0v) is 13.5. The van der Waals surface area contributed by atoms with E-state index in [0.717, 1.165) is 10.9 Å². The molecule has 19 heavy (non-hydrogen) atoms. The van der Waals surface area contributed by atoms with Crippen LogP contribution in [0.15, 0.2) is 18.2 Å². The molecular weight excluding hydrogens is 308 g/mol. The van der Waals surface area contributed by atoms with Crippen LogP contribution in [0.25, 0.3) is 0 Å². The number of anilines is 2. The van der Waals surface area contributed by atoms with Gasteiger partial charge in [-0.15, -0.1) is 0 Å². The van der Waals surface area contributed by atoms with Crippen LogP contribution >= 0.6 is 15.9 Å². The highest BCUT2D eigenvalue weighted by atomic mass is 79.9. The molecule has 0 saturated carbocycles. The van der Waals surface area contributed by atoms with Crippen molar-refractivity contribution in [3.63, 3.8) is 0 Å². The molecule has 0 unspecified atom stereocenters. The molecule has 106 valence electrons. The van der Waals surface area contributed by atoms with Crippen LogP contribution in [0.5, 0.6) is 0 Å². The highest BCUT2D eigenvalue weighted by Gasteiger charge is 2.23. The minimum atomic E-state index is -0.519. The second-order valence-electron chi connectivity index (χ2n) is 5.25. The highest BCUT2D eigenvalue weighted by molar-refractivity contribution is 9.08. The van der Waals surface area contributed by atoms with Crippen LogP contribution in [0.4, 0.5) is 16.2 Å². The van der Waals surface area contributed by atoms with Gasteiger partial charge >= 0.3 is 6.09 Å². The topological polar surface area (TPSA) is 55.6 Å². The number of ether oxygens (including phenoxy) is 1. The maximum absolute atomic E-state index is 12.1. The molecule has 5 heteroatoms. The lowest BCUT2D eigenvalue weighted by Gasteiger charge is -2.27. The predicted octanol–water partition coefficient (Wildman–Crippen LogP) is 3.93. The molecule has 2 N–H and O–H groups in total. The second kappa shape index (κ2) is 6.28. The number of nitrogens with two attached hydrogens (primary N) is 1. The molecule has 1 rings (SSSR count). The maximum atomic E-state index is 12.1. The number of halogens is 1. The Morgan fingerprint density at radius 3 is 2.47 bits per heavy atom. The van der Waals surface area contributed by atoms with Gasteiger partial charge in [-0.2, -0.15) is 0 Å². The zero-order valence-electron chi connectivity index (χ0n) is 11.9. The fourth-order valence-corrected chi connectivity index (χ4v) is 2.00. The Morgan fingerprint density at radius 2 is 2.05 bits per heavy atom. The molecule has 1 amide bonds. The Bertz CT molecular complexity index is 455. The molecule has 1 aromatic carbocycles. The Balaban J connectivity index is 3.00. The molecule has 0 radical (unpaired) electrons. The van der Waals surface area contributed by atoms with Gasteiger partial charge in [-0.25, -0.2) is 4.79 Å². The number of carbonyl (C=O) groups excluding carboxylic acids is 1. The number of hydrogen-bond acceptors (Lipinski definition) is 3. The van der Waals surface area contributed by atoms with Crippen molar-refractivity contribution in [3.05, 3.63) is 23.8 Å². The van der Waals surface area contributed by atoms with E-state index in [2.05, 4.69) is 15.9 Å². The number of hydrogen-bond donors (Lipinski definition) is 1. The molecule has 0 atom stereocenters. The first-order valence-electron chi connectivity index (χ1n) is 6.23. The van der Waals surface area contributed by atoms with Crippen molar-refractivity contribution in [2.24, 2.45) is 0 Å². The standard InChI is InChI=1S/C14H21BrN2O2/c1-5-17(13(18)19-14(2,3)4)12-7-6-10(9-15)8-11(12)16/h6-8H,5,9,16H2,1-4H3. The highest BCUT2D eigenvalue weighted by Crippen LogP contribution is 2.26. The van der Waals surface area contributed by atoms with Crippen molar-refractivity contribution in [2.75, 3.05) is 17.2 Å². The lowest BCUT2D eigenvalue weighted by molar-refractivity contribution is 0.0582. The van der Waals surface area contributed by atoms with Crippen LogP contribution < -0.4 is 10.6 Å². The van der Waals surface area contributed by atoms with Gasteiger partial charge in [0.25, 0.3) is 0 Å². The first kappa shape index (κ1) is 15.8. The number of nitrogens with zero attached hydrogens (tertiary/aromatic N) is 1. The SMILES string of the molecule is CCN(C(=O)OC(C)(C)C)c1ccc(CBr)cc1N. The van der Waals surface area contributed by atoms with Crippen molar-refractivity contribution in [3.8, 4) is 0 Å². The molecule has 0 fully saturated rings. The van der Waals surface area contributed by atoms with Crippen molar-refractivity contribution in [1.29, 1.82) is 0 Å². The first-order chi connectivity index (χ1) is 8.78. The van der Waals surface area contributed by atoms with E-state index in [9.17, 15) is 4.79 Å². The lowest BCUT2D eigenvalue weighted by atomic mass is 10.2. The van der Waals surface area contributed by atoms with Gasteiger partial charge in [0.1, 0.15) is 5.60 Å². The molecule has 0 aliphatic heterocycles. The number of benzene rings is 1. The fraction of sp³-hybridized carbons (Fsp3) is 0.500. The van der Waals surface area contributed by atoms with Gasteiger partial charge in [0.15, 0.2) is 0 Å². The average Bonchev–Trinajstić information content (AvgIpc) is 2.29. The van der Waals surface area contributed by atoms with Gasteiger partial charge in [-0.05, 0) is 45.4 Å². The number of rotatable bonds is 3. The molecule has 0 saturated heterocycles. The molecular formula is C14H21BrN2O2. The molecule has 0 spiro atoms. The molecule has 0 aliphatic carbocycles. The van der Waals surface area contributed by atoms with E-state index in [1.54, 1.807) is 4.90 Å². The van der Waals surface area contributed by atoms with Gasteiger partial charge in [-0.1, -0.05) is 22.0 Å². The molecule has 0 heterocycles. The van der Waals surface area contributed by atoms with Gasteiger partial charge in [0.05, 0.1) is 11.4 Å². The summed E-state index contributed by atoms with van der Waals surface area (Å²) in [4.78, 5) is 13.7. The van der Waals surface area contributed by atoms with Gasteiger partial charge < -0.3 is 10.5 Å². The van der Waals surface area contributed by atoms with Crippen LogP contribution in [0.2, 0.25) is 0 Å². The normalized spacial score (nSPS) is 11.2. The van der Waals surface area contributed by atoms with Crippen molar-refractivity contribution >= 4 is 33.4 Å². The third-order valence-corrected chi connectivity index (χ3v) is 3.11. The van der Waals surface area contributed by atoms with Crippen molar-refractivity contribution in [1.82, 2.24) is 0 Å². The number of nitrogen functional groups attached to an aromatic ring is 1. The van der Waals surface area contributed by atoms with Crippen LogP contribution in [0.1, 0.15) is 33.3 Å². The van der Waals surface area contributed by atoms with E-state index >= 15 is 0 Å². The first-order valence-corrected chi connectivity index (χ1v) is 7.35. The number of alkyl halides is 1. The van der Waals surface area contributed by atoms with Gasteiger partial charge in [0, 0.05) is 11.9 Å². The summed E-state index contributed by atoms with van der Waals surface area (Å²) in [6.45, 7) is 7.93. The van der Waals surface area contributed by atoms with Crippen molar-refractivity contribution in [2.45, 2.75) is 38.6 Å². The summed E-state index contributed by atoms with van der Waals surface area (Å²) in [6.07, 6.45) is -0.381. The quantitative estimate of drug-likeness (QED) is 0.675. The van der Waals surface area contributed by atoms with E-state index in [0.29, 0.717) is 17.9 Å². The Labute approximate surface area is 123 Å². The van der Waals surface area contributed by atoms with Crippen molar-refractivity contribution < 1.29 is 9.53 Å². The van der Waals surface area contributed by atoms with E-state index in [-0.39, 0.29) is 6.09 Å². The molecule has 0 aromatic heterocycles. The fourth-order valence-electron chi connectivity index (χ4n) is 1.65. The molecule has 1 aromatic rings. The van der Waals surface area contributed by atoms with E-state index in [1.165, 1.54) is 0 Å². The van der Waals surface area contributed by atoms with E-state index < -0.39 is 5.60 Å². The summed E-state index contributed by atoms with van der Waals surface area (Å²) < 4.78 is 5.38. The van der Waals surface area contributed by atoms with Crippen LogP contribution in [-0.4, -0.2) is 18.2 Å². The Hall–Kier alpha value is -1.23. The number of amides is 1. The largest absolute Gasteiger partial charge is 0.443 e. The second-order valence-corrected chi connectivity index (χ2v) is 5.81. The Morgan fingerprint density at radius 1 is 1.42 bits per heavy atom. The van der Waals surface area contributed by atoms with E-state index in [1.807, 2.05) is 45.9 Å². The van der Waals surface area contributed by atoms with Crippen LogP contribution in [0, 0.1) is 0 Å². The summed E-state index contributed by atoms with van der Waals surface area (Å²) >= 11 is 3.38. The lowest BCUT2D eigenvalue weighted by Crippen LogP contribution is -2.37. The van der Waals surface area contributed by atoms with Crippen LogP contribution in [-0.2, 0) is 10.1 Å². The average molecular weight is 329 g/mol. The van der Waals surface area contributed by atoms with Gasteiger partial charge in [0.2, 0.25) is 0 Å². The van der Waals surface area contributed by atoms with Gasteiger partial charge in [-0.3, -0.25) is 4.90 Å². The smallest absolute Gasteiger partial charge is 0.414 e. The summed E-state index contributed by atoms with van der Waals surface area (Å²) in [6, 6.07) is 5.64. The minimum absolute atomic E-state index is 0.381. The molecule has 4 nitrogen and oxygen atoms in total. The summed E-state index contributed by atoms with van der Waals surface area (Å²) in [5.41, 5.74) is 7.81. The Kier molecular flexibility index (Phi) is 5.23. The maximum Gasteiger partial charge on any atom is 0.414 e. The monoisotopic (exact) mass is 328 g/mol. The minimum Gasteiger partial charge on any atom is -0.443 e. The van der Waals surface area contributed by atoms with Crippen LogP contribution in [0.3, 0.4) is 0 Å². The predicted molar refractivity (Wildman–Crippen MR) is 82.7 cm³/mol.